The molecule has 1 atom stereocenters. The van der Waals surface area contributed by atoms with Crippen LogP contribution in [0.4, 0.5) is 0 Å². The van der Waals surface area contributed by atoms with Crippen molar-refractivity contribution in [3.63, 3.8) is 0 Å². The van der Waals surface area contributed by atoms with Crippen molar-refractivity contribution >= 4 is 22.5 Å². The second-order valence-electron chi connectivity index (χ2n) is 8.29. The zero-order valence-electron chi connectivity index (χ0n) is 22.3. The number of hydrogen-bond acceptors (Lipinski definition) is 3. The molecule has 1 aromatic heterocycles. The summed E-state index contributed by atoms with van der Waals surface area (Å²) >= 11 is 6.32. The molecule has 2 aromatic carbocycles. The molecule has 0 saturated carbocycles. The van der Waals surface area contributed by atoms with Crippen LogP contribution in [0, 0.1) is 0 Å². The maximum atomic E-state index is 6.32. The van der Waals surface area contributed by atoms with Crippen molar-refractivity contribution in [2.75, 3.05) is 26.2 Å². The van der Waals surface area contributed by atoms with E-state index in [1.165, 1.54) is 23.8 Å². The summed E-state index contributed by atoms with van der Waals surface area (Å²) in [5, 5.41) is 1.94. The Balaban J connectivity index is 0.000000970. The predicted molar refractivity (Wildman–Crippen MR) is 151 cm³/mol. The molecule has 3 nitrogen and oxygen atoms in total. The van der Waals surface area contributed by atoms with E-state index in [4.69, 9.17) is 16.6 Å². The van der Waals surface area contributed by atoms with Gasteiger partial charge in [-0.25, -0.2) is 4.98 Å². The summed E-state index contributed by atoms with van der Waals surface area (Å²) in [6.45, 7) is 19.5. The Bertz CT molecular complexity index is 977. The molecule has 0 bridgehead atoms. The van der Waals surface area contributed by atoms with E-state index in [9.17, 15) is 0 Å². The molecule has 0 radical (unpaired) electrons. The number of aromatic nitrogens is 1. The molecule has 186 valence electrons. The first-order valence-corrected chi connectivity index (χ1v) is 13.6. The first-order valence-electron chi connectivity index (χ1n) is 13.2. The van der Waals surface area contributed by atoms with Crippen LogP contribution in [-0.2, 0) is 0 Å². The summed E-state index contributed by atoms with van der Waals surface area (Å²) in [5.74, 6) is 0. The van der Waals surface area contributed by atoms with Crippen molar-refractivity contribution in [3.8, 4) is 11.3 Å². The summed E-state index contributed by atoms with van der Waals surface area (Å²) in [4.78, 5) is 10.2. The van der Waals surface area contributed by atoms with Crippen LogP contribution in [0.25, 0.3) is 22.2 Å². The van der Waals surface area contributed by atoms with Crippen LogP contribution < -0.4 is 0 Å². The van der Waals surface area contributed by atoms with E-state index in [0.717, 1.165) is 54.0 Å². The normalized spacial score (nSPS) is 15.3. The summed E-state index contributed by atoms with van der Waals surface area (Å²) in [6, 6.07) is 19.9. The highest BCUT2D eigenvalue weighted by Gasteiger charge is 2.27. The van der Waals surface area contributed by atoms with E-state index in [1.54, 1.807) is 0 Å². The van der Waals surface area contributed by atoms with Crippen molar-refractivity contribution in [2.24, 2.45) is 0 Å². The topological polar surface area (TPSA) is 19.4 Å². The van der Waals surface area contributed by atoms with Gasteiger partial charge in [-0.2, -0.15) is 0 Å². The van der Waals surface area contributed by atoms with Gasteiger partial charge in [0.2, 0.25) is 0 Å². The minimum atomic E-state index is 0.344. The average molecular weight is 482 g/mol. The average Bonchev–Trinajstić information content (AvgIpc) is 2.91. The number of halogens is 1. The fraction of sp³-hybridized carbons (Fsp3) is 0.500. The fourth-order valence-corrected chi connectivity index (χ4v) is 5.07. The molecule has 0 spiro atoms. The van der Waals surface area contributed by atoms with Crippen molar-refractivity contribution in [3.05, 3.63) is 65.2 Å². The third kappa shape index (κ3) is 6.81. The largest absolute Gasteiger partial charge is 0.301 e. The van der Waals surface area contributed by atoms with E-state index in [1.807, 2.05) is 45.9 Å². The van der Waals surface area contributed by atoms with Gasteiger partial charge >= 0.3 is 0 Å². The van der Waals surface area contributed by atoms with E-state index in [2.05, 4.69) is 67.0 Å². The highest BCUT2D eigenvalue weighted by Crippen LogP contribution is 2.34. The van der Waals surface area contributed by atoms with Gasteiger partial charge in [0.05, 0.1) is 11.2 Å². The van der Waals surface area contributed by atoms with Crippen molar-refractivity contribution < 1.29 is 0 Å². The molecule has 1 fully saturated rings. The molecule has 4 heteroatoms. The summed E-state index contributed by atoms with van der Waals surface area (Å²) in [6.07, 6.45) is 2.48. The van der Waals surface area contributed by atoms with Crippen LogP contribution in [0.2, 0.25) is 5.02 Å². The standard InChI is InChI=1S/C26H32ClN3.2C2H6/c1-4-29(5-2)22-13-15-30(16-14-22)19(3)24-18-25(20-9-7-6-8-10-20)28-26-17-21(27)11-12-23(24)26;2*1-2/h6-12,17-19,22H,4-5,13-16H2,1-3H3;2*1-2H3. The van der Waals surface area contributed by atoms with Gasteiger partial charge in [-0.3, -0.25) is 4.90 Å². The fourth-order valence-electron chi connectivity index (χ4n) is 4.91. The molecule has 0 amide bonds. The third-order valence-electron chi connectivity index (χ3n) is 6.70. The number of fused-ring (bicyclic) bond motifs is 1. The molecule has 0 aliphatic carbocycles. The lowest BCUT2D eigenvalue weighted by Gasteiger charge is -2.40. The second kappa shape index (κ2) is 14.5. The number of benzene rings is 2. The Morgan fingerprint density at radius 3 is 2.15 bits per heavy atom. The lowest BCUT2D eigenvalue weighted by Crippen LogP contribution is -2.45. The van der Waals surface area contributed by atoms with Gasteiger partial charge in [-0.05, 0) is 56.6 Å². The van der Waals surface area contributed by atoms with Crippen molar-refractivity contribution in [2.45, 2.75) is 73.4 Å². The van der Waals surface area contributed by atoms with Crippen LogP contribution in [0.5, 0.6) is 0 Å². The molecule has 1 aliphatic rings. The predicted octanol–water partition coefficient (Wildman–Crippen LogP) is 8.47. The SMILES string of the molecule is CC.CC.CCN(CC)C1CCN(C(C)c2cc(-c3ccccc3)nc3cc(Cl)ccc23)CC1. The molecule has 2 heterocycles. The molecule has 1 aliphatic heterocycles. The number of hydrogen-bond donors (Lipinski definition) is 0. The monoisotopic (exact) mass is 481 g/mol. The van der Waals surface area contributed by atoms with Crippen LogP contribution in [0.1, 0.15) is 72.9 Å². The van der Waals surface area contributed by atoms with E-state index in [0.29, 0.717) is 6.04 Å². The van der Waals surface area contributed by atoms with Gasteiger partial charge in [0, 0.05) is 41.1 Å². The zero-order valence-corrected chi connectivity index (χ0v) is 23.1. The molecule has 4 rings (SSSR count). The van der Waals surface area contributed by atoms with E-state index < -0.39 is 0 Å². The minimum Gasteiger partial charge on any atom is -0.301 e. The molecule has 0 N–H and O–H groups in total. The molecular formula is C30H44ClN3. The minimum absolute atomic E-state index is 0.344. The molecular weight excluding hydrogens is 438 g/mol. The number of rotatable bonds is 6. The molecule has 1 unspecified atom stereocenters. The molecule has 3 aromatic rings. The highest BCUT2D eigenvalue weighted by molar-refractivity contribution is 6.31. The smallest absolute Gasteiger partial charge is 0.0727 e. The number of piperidine rings is 1. The highest BCUT2D eigenvalue weighted by atomic mass is 35.5. The third-order valence-corrected chi connectivity index (χ3v) is 6.93. The quantitative estimate of drug-likeness (QED) is 0.352. The van der Waals surface area contributed by atoms with E-state index in [-0.39, 0.29) is 0 Å². The van der Waals surface area contributed by atoms with Gasteiger partial charge in [0.15, 0.2) is 0 Å². The van der Waals surface area contributed by atoms with Crippen LogP contribution in [0.3, 0.4) is 0 Å². The molecule has 34 heavy (non-hydrogen) atoms. The maximum absolute atomic E-state index is 6.32. The maximum Gasteiger partial charge on any atom is 0.0727 e. The van der Waals surface area contributed by atoms with Gasteiger partial charge < -0.3 is 4.90 Å². The van der Waals surface area contributed by atoms with Gasteiger partial charge in [-0.15, -0.1) is 0 Å². The van der Waals surface area contributed by atoms with Crippen LogP contribution in [-0.4, -0.2) is 47.0 Å². The summed E-state index contributed by atoms with van der Waals surface area (Å²) < 4.78 is 0. The molecule has 1 saturated heterocycles. The van der Waals surface area contributed by atoms with Gasteiger partial charge in [0.1, 0.15) is 0 Å². The Labute approximate surface area is 213 Å². The number of nitrogens with zero attached hydrogens (tertiary/aromatic N) is 3. The van der Waals surface area contributed by atoms with Crippen molar-refractivity contribution in [1.82, 2.24) is 14.8 Å². The first-order chi connectivity index (χ1) is 16.6. The van der Waals surface area contributed by atoms with Crippen LogP contribution >= 0.6 is 11.6 Å². The van der Waals surface area contributed by atoms with Crippen molar-refractivity contribution in [1.29, 1.82) is 0 Å². The van der Waals surface area contributed by atoms with Crippen LogP contribution in [0.15, 0.2) is 54.6 Å². The lowest BCUT2D eigenvalue weighted by atomic mass is 9.95. The number of pyridine rings is 1. The summed E-state index contributed by atoms with van der Waals surface area (Å²) in [5.41, 5.74) is 4.49. The van der Waals surface area contributed by atoms with Gasteiger partial charge in [-0.1, -0.05) is 89.5 Å². The first kappa shape index (κ1) is 28.3. The summed E-state index contributed by atoms with van der Waals surface area (Å²) in [7, 11) is 0. The Kier molecular flexibility index (Phi) is 12.0. The Morgan fingerprint density at radius 2 is 1.56 bits per heavy atom. The lowest BCUT2D eigenvalue weighted by molar-refractivity contribution is 0.0943. The number of likely N-dealkylation sites (tertiary alicyclic amines) is 1. The van der Waals surface area contributed by atoms with Gasteiger partial charge in [0.25, 0.3) is 0 Å². The Hall–Kier alpha value is -1.94. The zero-order chi connectivity index (χ0) is 25.1. The Morgan fingerprint density at radius 1 is 0.941 bits per heavy atom. The van der Waals surface area contributed by atoms with E-state index >= 15 is 0 Å². The second-order valence-corrected chi connectivity index (χ2v) is 8.72.